The van der Waals surface area contributed by atoms with Crippen molar-refractivity contribution in [2.75, 3.05) is 20.2 Å². The van der Waals surface area contributed by atoms with Crippen molar-refractivity contribution in [3.8, 4) is 11.5 Å². The summed E-state index contributed by atoms with van der Waals surface area (Å²) in [5, 5.41) is 1.06. The van der Waals surface area contributed by atoms with Crippen molar-refractivity contribution in [3.63, 3.8) is 0 Å². The summed E-state index contributed by atoms with van der Waals surface area (Å²) in [6.07, 6.45) is 0.00944. The molecule has 1 saturated heterocycles. The number of nitrogens with zero attached hydrogens (tertiary/aromatic N) is 2. The van der Waals surface area contributed by atoms with E-state index in [9.17, 15) is 9.59 Å². The highest BCUT2D eigenvalue weighted by Gasteiger charge is 2.56. The molecular formula is C33H35N3O4. The molecule has 2 aliphatic heterocycles. The van der Waals surface area contributed by atoms with Gasteiger partial charge in [0.2, 0.25) is 5.91 Å². The molecular weight excluding hydrogens is 502 g/mol. The van der Waals surface area contributed by atoms with Gasteiger partial charge in [-0.05, 0) is 62.6 Å². The largest absolute Gasteiger partial charge is 0.493 e. The van der Waals surface area contributed by atoms with E-state index in [2.05, 4.69) is 11.1 Å². The highest BCUT2D eigenvalue weighted by atomic mass is 16.5. The summed E-state index contributed by atoms with van der Waals surface area (Å²) in [6, 6.07) is 22.2. The van der Waals surface area contributed by atoms with Crippen molar-refractivity contribution in [2.45, 2.75) is 51.8 Å². The number of aromatic nitrogens is 1. The van der Waals surface area contributed by atoms with Gasteiger partial charge in [-0.1, -0.05) is 54.1 Å². The minimum atomic E-state index is -1.14. The first-order chi connectivity index (χ1) is 19.2. The van der Waals surface area contributed by atoms with Crippen LogP contribution in [0, 0.1) is 6.92 Å². The molecule has 0 aliphatic carbocycles. The van der Waals surface area contributed by atoms with E-state index in [1.165, 1.54) is 0 Å². The Kier molecular flexibility index (Phi) is 6.32. The lowest BCUT2D eigenvalue weighted by Crippen LogP contribution is -2.67. The predicted octanol–water partition coefficient (Wildman–Crippen LogP) is 5.50. The Hall–Kier alpha value is -4.26. The van der Waals surface area contributed by atoms with Crippen LogP contribution in [0.1, 0.15) is 54.6 Å². The lowest BCUT2D eigenvalue weighted by atomic mass is 9.76. The molecule has 0 saturated carbocycles. The topological polar surface area (TPSA) is 74.9 Å². The van der Waals surface area contributed by atoms with Crippen molar-refractivity contribution in [2.24, 2.45) is 0 Å². The normalized spacial score (nSPS) is 20.6. The number of piperazine rings is 1. The maximum atomic E-state index is 14.3. The van der Waals surface area contributed by atoms with Crippen LogP contribution in [0.5, 0.6) is 11.5 Å². The summed E-state index contributed by atoms with van der Waals surface area (Å²) in [6.45, 7) is 8.72. The molecule has 0 radical (unpaired) electrons. The molecule has 1 aromatic heterocycles. The van der Waals surface area contributed by atoms with E-state index in [1.54, 1.807) is 16.9 Å². The Bertz CT molecular complexity index is 1610. The zero-order valence-corrected chi connectivity index (χ0v) is 23.7. The van der Waals surface area contributed by atoms with Crippen LogP contribution in [0.15, 0.2) is 66.7 Å². The van der Waals surface area contributed by atoms with Crippen LogP contribution in [0.3, 0.4) is 0 Å². The number of para-hydroxylation sites is 1. The second kappa shape index (κ2) is 9.73. The maximum absolute atomic E-state index is 14.3. The number of aromatic amines is 1. The van der Waals surface area contributed by atoms with Gasteiger partial charge in [0.15, 0.2) is 17.0 Å². The van der Waals surface area contributed by atoms with E-state index in [1.807, 2.05) is 88.4 Å². The van der Waals surface area contributed by atoms with Gasteiger partial charge in [-0.3, -0.25) is 9.59 Å². The van der Waals surface area contributed by atoms with Crippen molar-refractivity contribution < 1.29 is 19.1 Å². The van der Waals surface area contributed by atoms with Gasteiger partial charge < -0.3 is 24.3 Å². The minimum Gasteiger partial charge on any atom is -0.493 e. The van der Waals surface area contributed by atoms with Gasteiger partial charge in [0.25, 0.3) is 5.91 Å². The maximum Gasteiger partial charge on any atom is 0.255 e. The zero-order valence-electron chi connectivity index (χ0n) is 23.7. The number of nitrogens with one attached hydrogen (secondary N) is 1. The molecule has 0 bridgehead atoms. The van der Waals surface area contributed by atoms with Crippen LogP contribution in [0.4, 0.5) is 0 Å². The number of rotatable bonds is 6. The number of aryl methyl sites for hydroxylation is 1. The number of ether oxygens (including phenoxy) is 2. The lowest BCUT2D eigenvalue weighted by Gasteiger charge is -2.51. The summed E-state index contributed by atoms with van der Waals surface area (Å²) >= 11 is 0. The van der Waals surface area contributed by atoms with Gasteiger partial charge in [-0.2, -0.15) is 0 Å². The highest BCUT2D eigenvalue weighted by molar-refractivity contribution is 6.01. The summed E-state index contributed by atoms with van der Waals surface area (Å²) in [5.74, 6) is 1.04. The minimum absolute atomic E-state index is 0.00944. The van der Waals surface area contributed by atoms with E-state index in [4.69, 9.17) is 9.47 Å². The molecule has 206 valence electrons. The Labute approximate surface area is 234 Å². The second-order valence-electron chi connectivity index (χ2n) is 11.3. The summed E-state index contributed by atoms with van der Waals surface area (Å²) < 4.78 is 11.7. The smallest absolute Gasteiger partial charge is 0.255 e. The van der Waals surface area contributed by atoms with Crippen LogP contribution in [0.25, 0.3) is 10.9 Å². The van der Waals surface area contributed by atoms with Crippen molar-refractivity contribution in [1.29, 1.82) is 0 Å². The molecule has 3 heterocycles. The highest BCUT2D eigenvalue weighted by Crippen LogP contribution is 2.49. The Morgan fingerprint density at radius 3 is 2.50 bits per heavy atom. The number of carbonyl (C=O) groups is 2. The third-order valence-electron chi connectivity index (χ3n) is 8.26. The molecule has 2 amide bonds. The molecule has 2 aliphatic rings. The molecule has 6 rings (SSSR count). The molecule has 1 fully saturated rings. The van der Waals surface area contributed by atoms with Crippen molar-refractivity contribution in [1.82, 2.24) is 14.8 Å². The zero-order chi connectivity index (χ0) is 28.2. The number of H-pyrrole nitrogens is 1. The van der Waals surface area contributed by atoms with Gasteiger partial charge >= 0.3 is 0 Å². The fourth-order valence-electron chi connectivity index (χ4n) is 6.27. The van der Waals surface area contributed by atoms with Crippen LogP contribution in [0.2, 0.25) is 0 Å². The first-order valence-electron chi connectivity index (χ1n) is 13.8. The van der Waals surface area contributed by atoms with Gasteiger partial charge in [-0.15, -0.1) is 0 Å². The Morgan fingerprint density at radius 1 is 1.02 bits per heavy atom. The van der Waals surface area contributed by atoms with Gasteiger partial charge in [0.1, 0.15) is 6.54 Å². The van der Waals surface area contributed by atoms with E-state index < -0.39 is 5.54 Å². The van der Waals surface area contributed by atoms with Gasteiger partial charge in [-0.25, -0.2) is 0 Å². The molecule has 0 spiro atoms. The van der Waals surface area contributed by atoms with Crippen LogP contribution in [-0.4, -0.2) is 52.9 Å². The second-order valence-corrected chi connectivity index (χ2v) is 11.3. The summed E-state index contributed by atoms with van der Waals surface area (Å²) in [7, 11) is 1.64. The third-order valence-corrected chi connectivity index (χ3v) is 8.26. The van der Waals surface area contributed by atoms with Gasteiger partial charge in [0.05, 0.1) is 18.9 Å². The average Bonchev–Trinajstić information content (AvgIpc) is 3.34. The third kappa shape index (κ3) is 4.12. The van der Waals surface area contributed by atoms with E-state index in [0.29, 0.717) is 24.6 Å². The first-order valence-corrected chi connectivity index (χ1v) is 13.8. The van der Waals surface area contributed by atoms with Crippen LogP contribution < -0.4 is 9.47 Å². The molecule has 3 aromatic carbocycles. The molecule has 40 heavy (non-hydrogen) atoms. The fourth-order valence-corrected chi connectivity index (χ4v) is 6.27. The predicted molar refractivity (Wildman–Crippen MR) is 155 cm³/mol. The van der Waals surface area contributed by atoms with Crippen molar-refractivity contribution >= 4 is 22.7 Å². The molecule has 2 atom stereocenters. The average molecular weight is 538 g/mol. The Balaban J connectivity index is 1.47. The van der Waals surface area contributed by atoms with E-state index >= 15 is 0 Å². The number of hydrogen-bond acceptors (Lipinski definition) is 4. The SMILES string of the molecule is COc1cc(C2CN3C(=O)CN(Cc4ccc(C)cc4)C(=O)[C@]3(C)c3[nH]c4ccccc4c32)ccc1OC(C)C. The van der Waals surface area contributed by atoms with Crippen molar-refractivity contribution in [3.05, 3.63) is 94.7 Å². The quantitative estimate of drug-likeness (QED) is 0.352. The lowest BCUT2D eigenvalue weighted by molar-refractivity contribution is -0.166. The fraction of sp³-hybridized carbons (Fsp3) is 0.333. The Morgan fingerprint density at radius 2 is 1.77 bits per heavy atom. The van der Waals surface area contributed by atoms with E-state index in [-0.39, 0.29) is 30.4 Å². The molecule has 4 aromatic rings. The number of hydrogen-bond donors (Lipinski definition) is 1. The number of carbonyl (C=O) groups excluding carboxylic acids is 2. The number of benzene rings is 3. The molecule has 1 unspecified atom stereocenters. The number of fused-ring (bicyclic) bond motifs is 5. The number of amides is 2. The molecule has 7 nitrogen and oxygen atoms in total. The molecule has 7 heteroatoms. The standard InChI is InChI=1S/C33H35N3O4/c1-20(2)40-27-15-14-23(16-28(27)39-5)25-18-36-29(37)19-35(17-22-12-10-21(3)11-13-22)32(38)33(36,4)31-30(25)24-8-6-7-9-26(24)34-31/h6-16,20,25,34H,17-19H2,1-5H3/t25?,33-/m0/s1. The summed E-state index contributed by atoms with van der Waals surface area (Å²) in [4.78, 5) is 35.1. The van der Waals surface area contributed by atoms with Crippen LogP contribution >= 0.6 is 0 Å². The molecule has 1 N–H and O–H groups in total. The van der Waals surface area contributed by atoms with E-state index in [0.717, 1.165) is 38.9 Å². The summed E-state index contributed by atoms with van der Waals surface area (Å²) in [5.41, 5.74) is 4.79. The number of methoxy groups -OCH3 is 1. The monoisotopic (exact) mass is 537 g/mol. The van der Waals surface area contributed by atoms with Crippen LogP contribution in [-0.2, 0) is 21.7 Å². The van der Waals surface area contributed by atoms with Gasteiger partial charge in [0, 0.05) is 29.9 Å². The first kappa shape index (κ1) is 26.0.